The molecular weight excluding hydrogens is 176 g/mol. The second-order valence-corrected chi connectivity index (χ2v) is 5.23. The highest BCUT2D eigenvalue weighted by Crippen LogP contribution is 2.06. The Morgan fingerprint density at radius 1 is 1.23 bits per heavy atom. The molecule has 0 aliphatic heterocycles. The van der Waals surface area contributed by atoms with Gasteiger partial charge in [0.05, 0.1) is 6.17 Å². The van der Waals surface area contributed by atoms with Crippen LogP contribution >= 0.6 is 0 Å². The topological polar surface area (TPSA) is 6.48 Å². The molecule has 78 valence electrons. The SMILES string of the molecule is C=C[SiH2]CC(N(C)CC)N(C)CC. The Kier molecular flexibility index (Phi) is 7.23. The number of rotatable bonds is 7. The maximum atomic E-state index is 3.83. The first-order valence-corrected chi connectivity index (χ1v) is 7.00. The van der Waals surface area contributed by atoms with Crippen molar-refractivity contribution in [1.29, 1.82) is 0 Å². The van der Waals surface area contributed by atoms with E-state index in [2.05, 4.69) is 50.0 Å². The van der Waals surface area contributed by atoms with Crippen LogP contribution in [0.2, 0.25) is 6.04 Å². The Morgan fingerprint density at radius 2 is 1.69 bits per heavy atom. The highest BCUT2D eigenvalue weighted by atomic mass is 28.2. The maximum Gasteiger partial charge on any atom is 0.0590 e. The Bertz CT molecular complexity index is 129. The van der Waals surface area contributed by atoms with Gasteiger partial charge in [-0.1, -0.05) is 13.8 Å². The van der Waals surface area contributed by atoms with Gasteiger partial charge in [-0.25, -0.2) is 0 Å². The first-order chi connectivity index (χ1) is 6.17. The summed E-state index contributed by atoms with van der Waals surface area (Å²) >= 11 is 0. The van der Waals surface area contributed by atoms with Crippen molar-refractivity contribution in [3.8, 4) is 0 Å². The van der Waals surface area contributed by atoms with Gasteiger partial charge in [-0.15, -0.1) is 12.3 Å². The molecule has 0 aromatic carbocycles. The molecule has 0 aliphatic rings. The monoisotopic (exact) mass is 200 g/mol. The Hall–Kier alpha value is -0.123. The second-order valence-electron chi connectivity index (χ2n) is 3.49. The van der Waals surface area contributed by atoms with Gasteiger partial charge in [0.1, 0.15) is 0 Å². The molecule has 0 N–H and O–H groups in total. The maximum absolute atomic E-state index is 3.83. The lowest BCUT2D eigenvalue weighted by Gasteiger charge is -2.34. The Morgan fingerprint density at radius 3 is 2.00 bits per heavy atom. The summed E-state index contributed by atoms with van der Waals surface area (Å²) < 4.78 is 0. The van der Waals surface area contributed by atoms with Crippen molar-refractivity contribution >= 4 is 9.52 Å². The van der Waals surface area contributed by atoms with Gasteiger partial charge in [0, 0.05) is 9.52 Å². The molecule has 0 heterocycles. The third-order valence-electron chi connectivity index (χ3n) is 2.64. The average molecular weight is 200 g/mol. The quantitative estimate of drug-likeness (QED) is 0.446. The molecule has 0 saturated heterocycles. The van der Waals surface area contributed by atoms with Crippen molar-refractivity contribution in [1.82, 2.24) is 9.80 Å². The fraction of sp³-hybridized carbons (Fsp3) is 0.800. The van der Waals surface area contributed by atoms with Gasteiger partial charge in [-0.3, -0.25) is 9.80 Å². The molecule has 0 aliphatic carbocycles. The summed E-state index contributed by atoms with van der Waals surface area (Å²) in [6, 6.07) is 1.32. The van der Waals surface area contributed by atoms with Crippen molar-refractivity contribution < 1.29 is 0 Å². The minimum atomic E-state index is -0.0494. The molecule has 0 spiro atoms. The van der Waals surface area contributed by atoms with Gasteiger partial charge in [0.25, 0.3) is 0 Å². The van der Waals surface area contributed by atoms with Gasteiger partial charge >= 0.3 is 0 Å². The smallest absolute Gasteiger partial charge is 0.0590 e. The molecule has 0 aromatic heterocycles. The van der Waals surface area contributed by atoms with Crippen molar-refractivity contribution in [3.05, 3.63) is 12.3 Å². The molecular formula is C10H24N2Si. The van der Waals surface area contributed by atoms with E-state index in [1.54, 1.807) is 0 Å². The van der Waals surface area contributed by atoms with E-state index >= 15 is 0 Å². The third-order valence-corrected chi connectivity index (χ3v) is 3.90. The van der Waals surface area contributed by atoms with Crippen LogP contribution in [0.15, 0.2) is 12.3 Å². The molecule has 0 amide bonds. The zero-order valence-corrected chi connectivity index (χ0v) is 11.0. The van der Waals surface area contributed by atoms with Crippen molar-refractivity contribution in [2.24, 2.45) is 0 Å². The van der Waals surface area contributed by atoms with E-state index in [0.717, 1.165) is 13.1 Å². The first-order valence-electron chi connectivity index (χ1n) is 5.18. The van der Waals surface area contributed by atoms with Gasteiger partial charge in [-0.2, -0.15) is 0 Å². The van der Waals surface area contributed by atoms with E-state index in [1.165, 1.54) is 6.04 Å². The predicted octanol–water partition coefficient (Wildman–Crippen LogP) is 0.946. The molecule has 0 fully saturated rings. The molecule has 13 heavy (non-hydrogen) atoms. The van der Waals surface area contributed by atoms with Gasteiger partial charge < -0.3 is 0 Å². The molecule has 0 radical (unpaired) electrons. The van der Waals surface area contributed by atoms with E-state index in [1.807, 2.05) is 0 Å². The van der Waals surface area contributed by atoms with Crippen LogP contribution in [0.4, 0.5) is 0 Å². The predicted molar refractivity (Wildman–Crippen MR) is 63.9 cm³/mol. The van der Waals surface area contributed by atoms with E-state index in [0.29, 0.717) is 6.17 Å². The Labute approximate surface area is 85.4 Å². The molecule has 0 rings (SSSR count). The van der Waals surface area contributed by atoms with Gasteiger partial charge in [0.2, 0.25) is 0 Å². The van der Waals surface area contributed by atoms with E-state index < -0.39 is 0 Å². The first kappa shape index (κ1) is 12.9. The lowest BCUT2D eigenvalue weighted by Crippen LogP contribution is -2.44. The number of hydrogen-bond donors (Lipinski definition) is 0. The summed E-state index contributed by atoms with van der Waals surface area (Å²) in [5, 5.41) is 0. The molecule has 3 heteroatoms. The molecule has 0 bridgehead atoms. The minimum absolute atomic E-state index is 0.0494. The average Bonchev–Trinajstić information content (AvgIpc) is 2.17. The second kappa shape index (κ2) is 7.30. The lowest BCUT2D eigenvalue weighted by atomic mass is 10.4. The lowest BCUT2D eigenvalue weighted by molar-refractivity contribution is 0.108. The molecule has 2 nitrogen and oxygen atoms in total. The van der Waals surface area contributed by atoms with E-state index in [9.17, 15) is 0 Å². The minimum Gasteiger partial charge on any atom is -0.291 e. The highest BCUT2D eigenvalue weighted by Gasteiger charge is 2.15. The van der Waals surface area contributed by atoms with Crippen LogP contribution in [0.5, 0.6) is 0 Å². The zero-order chi connectivity index (χ0) is 10.3. The molecule has 0 aromatic rings. The van der Waals surface area contributed by atoms with Crippen LogP contribution in [0.3, 0.4) is 0 Å². The fourth-order valence-electron chi connectivity index (χ4n) is 1.47. The summed E-state index contributed by atoms with van der Waals surface area (Å²) in [6.45, 7) is 10.5. The van der Waals surface area contributed by atoms with Crippen LogP contribution in [-0.2, 0) is 0 Å². The Balaban J connectivity index is 4.08. The van der Waals surface area contributed by atoms with Crippen LogP contribution in [0, 0.1) is 0 Å². The van der Waals surface area contributed by atoms with Crippen LogP contribution in [-0.4, -0.2) is 52.7 Å². The molecule has 0 atom stereocenters. The van der Waals surface area contributed by atoms with Crippen molar-refractivity contribution in [2.45, 2.75) is 26.1 Å². The van der Waals surface area contributed by atoms with Gasteiger partial charge in [0.15, 0.2) is 0 Å². The summed E-state index contributed by atoms with van der Waals surface area (Å²) in [7, 11) is 4.36. The highest BCUT2D eigenvalue weighted by molar-refractivity contribution is 6.41. The van der Waals surface area contributed by atoms with Crippen LogP contribution in [0.25, 0.3) is 0 Å². The largest absolute Gasteiger partial charge is 0.291 e. The molecule has 0 unspecified atom stereocenters. The molecule has 0 saturated carbocycles. The number of nitrogens with zero attached hydrogens (tertiary/aromatic N) is 2. The summed E-state index contributed by atoms with van der Waals surface area (Å²) in [4.78, 5) is 4.83. The van der Waals surface area contributed by atoms with Crippen molar-refractivity contribution in [2.75, 3.05) is 27.2 Å². The fourth-order valence-corrected chi connectivity index (χ4v) is 2.88. The summed E-state index contributed by atoms with van der Waals surface area (Å²) in [6.07, 6.45) is 0.625. The van der Waals surface area contributed by atoms with E-state index in [4.69, 9.17) is 0 Å². The van der Waals surface area contributed by atoms with Crippen LogP contribution < -0.4 is 0 Å². The van der Waals surface area contributed by atoms with Crippen LogP contribution in [0.1, 0.15) is 13.8 Å². The third kappa shape index (κ3) is 4.60. The zero-order valence-electron chi connectivity index (χ0n) is 9.58. The van der Waals surface area contributed by atoms with Gasteiger partial charge in [-0.05, 0) is 33.2 Å². The van der Waals surface area contributed by atoms with Crippen molar-refractivity contribution in [3.63, 3.8) is 0 Å². The standard InChI is InChI=1S/C10H24N2Si/c1-6-11(4)10(9-13-8-3)12(5)7-2/h8,10H,3,6-7,9,13H2,1-2,4-5H3. The summed E-state index contributed by atoms with van der Waals surface area (Å²) in [5.74, 6) is 0. The van der Waals surface area contributed by atoms with E-state index in [-0.39, 0.29) is 9.52 Å². The number of hydrogen-bond acceptors (Lipinski definition) is 2. The summed E-state index contributed by atoms with van der Waals surface area (Å²) in [5.41, 5.74) is 2.14. The normalized spacial score (nSPS) is 12.5.